The molecule has 18 heavy (non-hydrogen) atoms. The van der Waals surface area contributed by atoms with Crippen LogP contribution in [-0.2, 0) is 6.42 Å². The van der Waals surface area contributed by atoms with Gasteiger partial charge >= 0.3 is 0 Å². The number of hydrogen-bond acceptors (Lipinski definition) is 2. The zero-order valence-corrected chi connectivity index (χ0v) is 12.6. The van der Waals surface area contributed by atoms with Gasteiger partial charge in [0.15, 0.2) is 0 Å². The van der Waals surface area contributed by atoms with Gasteiger partial charge in [-0.25, -0.2) is 4.98 Å². The first-order chi connectivity index (χ1) is 8.83. The number of aryl methyl sites for hydroxylation is 1. The van der Waals surface area contributed by atoms with Gasteiger partial charge < -0.3 is 4.98 Å². The van der Waals surface area contributed by atoms with Crippen LogP contribution in [-0.4, -0.2) is 16.0 Å². The summed E-state index contributed by atoms with van der Waals surface area (Å²) in [5.41, 5.74) is 1.36. The molecular weight excluding hydrogens is 241 g/mol. The molecule has 1 fully saturated rings. The Morgan fingerprint density at radius 2 is 2.00 bits per heavy atom. The minimum absolute atomic E-state index is 0.695. The monoisotopic (exact) mass is 267 g/mol. The Balaban J connectivity index is 1.95. The van der Waals surface area contributed by atoms with E-state index in [1.54, 1.807) is 0 Å². The van der Waals surface area contributed by atoms with Gasteiger partial charge in [-0.15, -0.1) is 0 Å². The maximum Gasteiger partial charge on any atom is 0.105 e. The van der Waals surface area contributed by atoms with Crippen LogP contribution in [0.25, 0.3) is 0 Å². The second kappa shape index (κ2) is 7.25. The molecule has 3 nitrogen and oxygen atoms in total. The number of nitrogens with one attached hydrogen (secondary N) is 2. The van der Waals surface area contributed by atoms with Crippen molar-refractivity contribution in [2.24, 2.45) is 0 Å². The molecular formula is C14H26N3P. The third-order valence-corrected chi connectivity index (χ3v) is 4.59. The summed E-state index contributed by atoms with van der Waals surface area (Å²) in [6.45, 7) is 2.15. The molecule has 0 aliphatic heterocycles. The van der Waals surface area contributed by atoms with Crippen molar-refractivity contribution in [3.63, 3.8) is 0 Å². The summed E-state index contributed by atoms with van der Waals surface area (Å²) >= 11 is 0. The number of aromatic nitrogens is 2. The van der Waals surface area contributed by atoms with Crippen LogP contribution in [0, 0.1) is 0 Å². The molecule has 1 aliphatic carbocycles. The van der Waals surface area contributed by atoms with E-state index in [0.29, 0.717) is 12.0 Å². The van der Waals surface area contributed by atoms with Gasteiger partial charge in [0, 0.05) is 30.3 Å². The van der Waals surface area contributed by atoms with Crippen molar-refractivity contribution in [1.82, 2.24) is 15.1 Å². The van der Waals surface area contributed by atoms with Crippen molar-refractivity contribution in [2.75, 3.05) is 0 Å². The van der Waals surface area contributed by atoms with Crippen molar-refractivity contribution >= 4 is 9.39 Å². The molecule has 2 rings (SSSR count). The molecule has 1 aromatic heterocycles. The Morgan fingerprint density at radius 3 is 2.72 bits per heavy atom. The summed E-state index contributed by atoms with van der Waals surface area (Å²) in [6.07, 6.45) is 12.3. The van der Waals surface area contributed by atoms with Crippen LogP contribution in [0.5, 0.6) is 0 Å². The number of rotatable bonds is 3. The Hall–Kier alpha value is -0.400. The summed E-state index contributed by atoms with van der Waals surface area (Å²) in [6, 6.07) is 0.696. The fourth-order valence-electron chi connectivity index (χ4n) is 2.92. The van der Waals surface area contributed by atoms with Crippen molar-refractivity contribution in [2.45, 2.75) is 70.3 Å². The summed E-state index contributed by atoms with van der Waals surface area (Å²) in [5.74, 6) is 1.83. The van der Waals surface area contributed by atoms with Crippen LogP contribution in [0.15, 0.2) is 6.20 Å². The van der Waals surface area contributed by atoms with Crippen molar-refractivity contribution in [3.05, 3.63) is 17.7 Å². The lowest BCUT2D eigenvalue weighted by atomic mass is 9.94. The molecule has 1 saturated carbocycles. The topological polar surface area (TPSA) is 40.7 Å². The summed E-state index contributed by atoms with van der Waals surface area (Å²) in [4.78, 5) is 7.94. The summed E-state index contributed by atoms with van der Waals surface area (Å²) < 4.78 is 0. The molecule has 0 amide bonds. The summed E-state index contributed by atoms with van der Waals surface area (Å²) in [7, 11) is 2.68. The van der Waals surface area contributed by atoms with E-state index in [4.69, 9.17) is 0 Å². The molecule has 0 aromatic carbocycles. The van der Waals surface area contributed by atoms with Crippen LogP contribution < -0.4 is 5.09 Å². The first kappa shape index (κ1) is 14.0. The molecule has 1 aliphatic rings. The normalized spacial score (nSPS) is 26.3. The fourth-order valence-corrected chi connectivity index (χ4v) is 3.26. The van der Waals surface area contributed by atoms with E-state index in [-0.39, 0.29) is 0 Å². The van der Waals surface area contributed by atoms with E-state index in [2.05, 4.69) is 37.6 Å². The van der Waals surface area contributed by atoms with Gasteiger partial charge in [-0.1, -0.05) is 35.6 Å². The number of aromatic amines is 1. The standard InChI is InChI=1S/C14H26N3P/c1-2-14-15-10-13(16-14)11-6-3-4-8-12(17-18)9-5-7-11/h10-12,17H,2-9,18H2,1H3,(H,15,16). The Labute approximate surface area is 113 Å². The van der Waals surface area contributed by atoms with Gasteiger partial charge in [0.05, 0.1) is 0 Å². The summed E-state index contributed by atoms with van der Waals surface area (Å²) in [5, 5.41) is 3.36. The lowest BCUT2D eigenvalue weighted by molar-refractivity contribution is 0.502. The first-order valence-electron chi connectivity index (χ1n) is 7.33. The quantitative estimate of drug-likeness (QED) is 0.822. The maximum atomic E-state index is 4.45. The highest BCUT2D eigenvalue weighted by Gasteiger charge is 2.17. The van der Waals surface area contributed by atoms with Crippen molar-refractivity contribution in [1.29, 1.82) is 0 Å². The highest BCUT2D eigenvalue weighted by molar-refractivity contribution is 7.13. The van der Waals surface area contributed by atoms with E-state index < -0.39 is 0 Å². The Morgan fingerprint density at radius 1 is 1.28 bits per heavy atom. The van der Waals surface area contributed by atoms with Crippen LogP contribution in [0.2, 0.25) is 0 Å². The molecule has 4 heteroatoms. The molecule has 0 spiro atoms. The van der Waals surface area contributed by atoms with Gasteiger partial charge in [-0.3, -0.25) is 5.09 Å². The first-order valence-corrected chi connectivity index (χ1v) is 7.91. The van der Waals surface area contributed by atoms with Gasteiger partial charge in [-0.05, 0) is 25.7 Å². The van der Waals surface area contributed by atoms with E-state index in [1.807, 2.05) is 0 Å². The third kappa shape index (κ3) is 3.80. The zero-order valence-electron chi connectivity index (χ0n) is 11.4. The van der Waals surface area contributed by atoms with E-state index in [9.17, 15) is 0 Å². The Bertz CT molecular complexity index is 351. The lowest BCUT2D eigenvalue weighted by Crippen LogP contribution is -2.19. The molecule has 0 bridgehead atoms. The van der Waals surface area contributed by atoms with Gasteiger partial charge in [0.2, 0.25) is 0 Å². The minimum atomic E-state index is 0.695. The average Bonchev–Trinajstić information content (AvgIpc) is 2.90. The molecule has 1 aromatic rings. The molecule has 2 N–H and O–H groups in total. The van der Waals surface area contributed by atoms with Crippen molar-refractivity contribution in [3.8, 4) is 0 Å². The third-order valence-electron chi connectivity index (χ3n) is 4.12. The van der Waals surface area contributed by atoms with Gasteiger partial charge in [0.1, 0.15) is 5.82 Å². The van der Waals surface area contributed by atoms with Crippen LogP contribution in [0.4, 0.5) is 0 Å². The van der Waals surface area contributed by atoms with Gasteiger partial charge in [0.25, 0.3) is 0 Å². The second-order valence-corrected chi connectivity index (χ2v) is 5.75. The molecule has 1 heterocycles. The number of hydrogen-bond donors (Lipinski definition) is 2. The molecule has 102 valence electrons. The van der Waals surface area contributed by atoms with Crippen LogP contribution in [0.1, 0.15) is 69.3 Å². The van der Waals surface area contributed by atoms with Crippen LogP contribution in [0.3, 0.4) is 0 Å². The van der Waals surface area contributed by atoms with Crippen molar-refractivity contribution < 1.29 is 0 Å². The molecule has 0 radical (unpaired) electrons. The second-order valence-electron chi connectivity index (χ2n) is 5.41. The van der Waals surface area contributed by atoms with E-state index in [1.165, 1.54) is 50.6 Å². The predicted octanol–water partition coefficient (Wildman–Crippen LogP) is 3.55. The zero-order chi connectivity index (χ0) is 12.8. The SMILES string of the molecule is CCc1ncc(C2CCCCC(NP)CCC2)[nH]1. The molecule has 3 atom stereocenters. The molecule has 3 unspecified atom stereocenters. The lowest BCUT2D eigenvalue weighted by Gasteiger charge is -2.15. The smallest absolute Gasteiger partial charge is 0.105 e. The highest BCUT2D eigenvalue weighted by Crippen LogP contribution is 2.29. The minimum Gasteiger partial charge on any atom is -0.346 e. The number of H-pyrrole nitrogens is 1. The largest absolute Gasteiger partial charge is 0.346 e. The maximum absolute atomic E-state index is 4.45. The van der Waals surface area contributed by atoms with E-state index in [0.717, 1.165) is 12.2 Å². The Kier molecular flexibility index (Phi) is 5.65. The fraction of sp³-hybridized carbons (Fsp3) is 0.786. The predicted molar refractivity (Wildman–Crippen MR) is 79.7 cm³/mol. The molecule has 0 saturated heterocycles. The highest BCUT2D eigenvalue weighted by atomic mass is 31.0. The van der Waals surface area contributed by atoms with E-state index >= 15 is 0 Å². The van der Waals surface area contributed by atoms with Crippen LogP contribution >= 0.6 is 9.39 Å². The average molecular weight is 267 g/mol. The number of imidazole rings is 1. The van der Waals surface area contributed by atoms with Gasteiger partial charge in [-0.2, -0.15) is 0 Å². The number of nitrogens with zero attached hydrogens (tertiary/aromatic N) is 1.